The number of hydrogen-bond donors (Lipinski definition) is 3. The first-order valence-corrected chi connectivity index (χ1v) is 6.34. The Bertz CT molecular complexity index is 450. The normalized spacial score (nSPS) is 13.3. The second-order valence-corrected chi connectivity index (χ2v) is 4.52. The van der Waals surface area contributed by atoms with Crippen molar-refractivity contribution in [2.45, 2.75) is 18.9 Å². The average molecular weight is 280 g/mol. The second-order valence-electron chi connectivity index (χ2n) is 4.52. The summed E-state index contributed by atoms with van der Waals surface area (Å²) >= 11 is 0. The van der Waals surface area contributed by atoms with Crippen LogP contribution in [0.5, 0.6) is 0 Å². The van der Waals surface area contributed by atoms with Gasteiger partial charge >= 0.3 is 12.0 Å². The van der Waals surface area contributed by atoms with Gasteiger partial charge in [-0.05, 0) is 18.9 Å². The molecule has 6 nitrogen and oxygen atoms in total. The Labute approximate surface area is 118 Å². The van der Waals surface area contributed by atoms with Crippen LogP contribution in [-0.4, -0.2) is 37.4 Å². The lowest BCUT2D eigenvalue weighted by atomic mass is 9.92. The lowest BCUT2D eigenvalue weighted by Gasteiger charge is -2.26. The quantitative estimate of drug-likeness (QED) is 0.657. The number of aliphatic carboxylic acids is 1. The maximum Gasteiger partial charge on any atom is 0.333 e. The molecule has 0 aliphatic rings. The van der Waals surface area contributed by atoms with E-state index in [4.69, 9.17) is 4.74 Å². The van der Waals surface area contributed by atoms with E-state index >= 15 is 0 Å². The highest BCUT2D eigenvalue weighted by Gasteiger charge is 2.36. The van der Waals surface area contributed by atoms with Crippen LogP contribution in [0.15, 0.2) is 30.3 Å². The van der Waals surface area contributed by atoms with Crippen molar-refractivity contribution in [3.8, 4) is 0 Å². The van der Waals surface area contributed by atoms with E-state index in [0.717, 1.165) is 0 Å². The van der Waals surface area contributed by atoms with E-state index in [0.29, 0.717) is 25.1 Å². The minimum absolute atomic E-state index is 0.421. The third-order valence-electron chi connectivity index (χ3n) is 2.95. The van der Waals surface area contributed by atoms with Gasteiger partial charge in [0.2, 0.25) is 0 Å². The molecule has 0 fully saturated rings. The number of benzene rings is 1. The van der Waals surface area contributed by atoms with Gasteiger partial charge in [-0.15, -0.1) is 0 Å². The Morgan fingerprint density at radius 2 is 1.95 bits per heavy atom. The molecule has 0 aliphatic heterocycles. The molecule has 0 spiro atoms. The largest absolute Gasteiger partial charge is 0.479 e. The van der Waals surface area contributed by atoms with Crippen molar-refractivity contribution in [2.75, 3.05) is 20.3 Å². The van der Waals surface area contributed by atoms with E-state index in [1.54, 1.807) is 37.4 Å². The molecule has 0 heterocycles. The van der Waals surface area contributed by atoms with E-state index in [1.807, 2.05) is 0 Å². The van der Waals surface area contributed by atoms with E-state index in [1.165, 1.54) is 6.92 Å². The highest BCUT2D eigenvalue weighted by molar-refractivity contribution is 5.87. The monoisotopic (exact) mass is 280 g/mol. The molecule has 0 aliphatic carbocycles. The van der Waals surface area contributed by atoms with Crippen molar-refractivity contribution in [1.29, 1.82) is 0 Å². The molecular formula is C14H20N2O4. The molecule has 1 aromatic carbocycles. The number of carbonyl (C=O) groups excluding carboxylic acids is 1. The molecule has 20 heavy (non-hydrogen) atoms. The number of ether oxygens (including phenoxy) is 1. The number of carbonyl (C=O) groups is 2. The maximum absolute atomic E-state index is 11.8. The summed E-state index contributed by atoms with van der Waals surface area (Å²) < 4.78 is 4.87. The first kappa shape index (κ1) is 16.0. The first-order chi connectivity index (χ1) is 9.50. The Kier molecular flexibility index (Phi) is 5.99. The van der Waals surface area contributed by atoms with Gasteiger partial charge in [-0.1, -0.05) is 30.3 Å². The van der Waals surface area contributed by atoms with Gasteiger partial charge < -0.3 is 20.5 Å². The zero-order chi connectivity index (χ0) is 15.0. The van der Waals surface area contributed by atoms with Crippen LogP contribution >= 0.6 is 0 Å². The molecule has 110 valence electrons. The summed E-state index contributed by atoms with van der Waals surface area (Å²) in [5.41, 5.74) is -0.952. The zero-order valence-electron chi connectivity index (χ0n) is 11.7. The highest BCUT2D eigenvalue weighted by Crippen LogP contribution is 2.20. The molecule has 0 bridgehead atoms. The summed E-state index contributed by atoms with van der Waals surface area (Å²) in [6.45, 7) is 2.42. The fourth-order valence-electron chi connectivity index (χ4n) is 1.71. The van der Waals surface area contributed by atoms with Crippen molar-refractivity contribution in [3.05, 3.63) is 35.9 Å². The van der Waals surface area contributed by atoms with Crippen LogP contribution in [0.3, 0.4) is 0 Å². The zero-order valence-corrected chi connectivity index (χ0v) is 11.7. The Morgan fingerprint density at radius 1 is 1.30 bits per heavy atom. The standard InChI is InChI=1S/C14H20N2O4/c1-14(12(17)18,11-7-4-3-5-8-11)16-13(19)15-9-6-10-20-2/h3-5,7-8H,6,9-10H2,1-2H3,(H,17,18)(H2,15,16,19). The van der Waals surface area contributed by atoms with Gasteiger partial charge in [-0.2, -0.15) is 0 Å². The Morgan fingerprint density at radius 3 is 2.50 bits per heavy atom. The predicted molar refractivity (Wildman–Crippen MR) is 74.5 cm³/mol. The number of rotatable bonds is 7. The number of carboxylic acid groups (broad SMARTS) is 1. The van der Waals surface area contributed by atoms with Gasteiger partial charge in [-0.25, -0.2) is 9.59 Å². The van der Waals surface area contributed by atoms with E-state index in [2.05, 4.69) is 10.6 Å². The molecule has 0 radical (unpaired) electrons. The molecule has 1 unspecified atom stereocenters. The van der Waals surface area contributed by atoms with E-state index in [-0.39, 0.29) is 0 Å². The summed E-state index contributed by atoms with van der Waals surface area (Å²) in [4.78, 5) is 23.2. The molecule has 2 amide bonds. The molecule has 3 N–H and O–H groups in total. The summed E-state index contributed by atoms with van der Waals surface area (Å²) in [7, 11) is 1.58. The maximum atomic E-state index is 11.8. The van der Waals surface area contributed by atoms with Crippen LogP contribution in [0, 0.1) is 0 Å². The smallest absolute Gasteiger partial charge is 0.333 e. The van der Waals surface area contributed by atoms with Crippen molar-refractivity contribution < 1.29 is 19.4 Å². The number of hydrogen-bond acceptors (Lipinski definition) is 3. The fourth-order valence-corrected chi connectivity index (χ4v) is 1.71. The van der Waals surface area contributed by atoms with Crippen molar-refractivity contribution in [2.24, 2.45) is 0 Å². The number of methoxy groups -OCH3 is 1. The Hall–Kier alpha value is -2.08. The molecule has 6 heteroatoms. The third kappa shape index (κ3) is 4.24. The van der Waals surface area contributed by atoms with E-state index < -0.39 is 17.5 Å². The third-order valence-corrected chi connectivity index (χ3v) is 2.95. The van der Waals surface area contributed by atoms with Gasteiger partial charge in [0.15, 0.2) is 5.54 Å². The molecule has 1 atom stereocenters. The number of nitrogens with one attached hydrogen (secondary N) is 2. The van der Waals surface area contributed by atoms with Crippen LogP contribution in [0.2, 0.25) is 0 Å². The van der Waals surface area contributed by atoms with Crippen LogP contribution < -0.4 is 10.6 Å². The minimum Gasteiger partial charge on any atom is -0.479 e. The number of urea groups is 1. The van der Waals surface area contributed by atoms with Crippen molar-refractivity contribution >= 4 is 12.0 Å². The highest BCUT2D eigenvalue weighted by atomic mass is 16.5. The predicted octanol–water partition coefficient (Wildman–Crippen LogP) is 1.32. The minimum atomic E-state index is -1.47. The summed E-state index contributed by atoms with van der Waals surface area (Å²) in [6.07, 6.45) is 0.666. The summed E-state index contributed by atoms with van der Waals surface area (Å²) in [5, 5.41) is 14.5. The molecule has 1 aromatic rings. The molecule has 0 saturated carbocycles. The van der Waals surface area contributed by atoms with Crippen LogP contribution in [0.1, 0.15) is 18.9 Å². The van der Waals surface area contributed by atoms with E-state index in [9.17, 15) is 14.7 Å². The van der Waals surface area contributed by atoms with Crippen LogP contribution in [0.4, 0.5) is 4.79 Å². The topological polar surface area (TPSA) is 87.7 Å². The van der Waals surface area contributed by atoms with Gasteiger partial charge in [0, 0.05) is 20.3 Å². The van der Waals surface area contributed by atoms with Gasteiger partial charge in [0.1, 0.15) is 0 Å². The summed E-state index contributed by atoms with van der Waals surface area (Å²) in [5.74, 6) is -1.12. The van der Waals surface area contributed by atoms with Crippen LogP contribution in [0.25, 0.3) is 0 Å². The summed E-state index contributed by atoms with van der Waals surface area (Å²) in [6, 6.07) is 8.06. The Balaban J connectivity index is 2.68. The molecule has 1 rings (SSSR count). The first-order valence-electron chi connectivity index (χ1n) is 6.34. The average Bonchev–Trinajstić information content (AvgIpc) is 2.44. The van der Waals surface area contributed by atoms with Crippen molar-refractivity contribution in [3.63, 3.8) is 0 Å². The molecule has 0 saturated heterocycles. The fraction of sp³-hybridized carbons (Fsp3) is 0.429. The van der Waals surface area contributed by atoms with Gasteiger partial charge in [0.25, 0.3) is 0 Å². The lowest BCUT2D eigenvalue weighted by molar-refractivity contribution is -0.144. The SMILES string of the molecule is COCCCNC(=O)NC(C)(C(=O)O)c1ccccc1. The number of amides is 2. The van der Waals surface area contributed by atoms with Crippen LogP contribution in [-0.2, 0) is 15.1 Å². The van der Waals surface area contributed by atoms with Crippen molar-refractivity contribution in [1.82, 2.24) is 10.6 Å². The second kappa shape index (κ2) is 7.49. The molecule has 0 aromatic heterocycles. The van der Waals surface area contributed by atoms with Gasteiger partial charge in [-0.3, -0.25) is 0 Å². The number of carboxylic acids is 1. The van der Waals surface area contributed by atoms with Gasteiger partial charge in [0.05, 0.1) is 0 Å². The molecular weight excluding hydrogens is 260 g/mol. The lowest BCUT2D eigenvalue weighted by Crippen LogP contribution is -2.53.